The molecule has 0 spiro atoms. The molecule has 0 radical (unpaired) electrons. The van der Waals surface area contributed by atoms with E-state index in [1.807, 2.05) is 48.7 Å². The molecule has 0 fully saturated rings. The fourth-order valence-corrected chi connectivity index (χ4v) is 3.36. The SMILES string of the molecule is Cc1ccc(C)c(NC(=O)c2cc3c(Cl)ccc4c3n2CCO4)c1. The first-order valence-electron chi connectivity index (χ1n) is 7.88. The first kappa shape index (κ1) is 15.1. The van der Waals surface area contributed by atoms with Gasteiger partial charge in [-0.3, -0.25) is 4.79 Å². The summed E-state index contributed by atoms with van der Waals surface area (Å²) < 4.78 is 7.67. The van der Waals surface area contributed by atoms with E-state index in [4.69, 9.17) is 16.3 Å². The van der Waals surface area contributed by atoms with Crippen molar-refractivity contribution in [3.8, 4) is 5.75 Å². The summed E-state index contributed by atoms with van der Waals surface area (Å²) in [4.78, 5) is 12.9. The first-order valence-corrected chi connectivity index (χ1v) is 8.25. The number of hydrogen-bond donors (Lipinski definition) is 1. The van der Waals surface area contributed by atoms with E-state index in [9.17, 15) is 4.79 Å². The number of halogens is 1. The molecule has 1 aliphatic rings. The Hall–Kier alpha value is -2.46. The molecule has 1 amide bonds. The molecule has 122 valence electrons. The van der Waals surface area contributed by atoms with Gasteiger partial charge in [0.25, 0.3) is 5.91 Å². The van der Waals surface area contributed by atoms with Crippen LogP contribution in [0.25, 0.3) is 10.9 Å². The highest BCUT2D eigenvalue weighted by molar-refractivity contribution is 6.36. The van der Waals surface area contributed by atoms with Crippen LogP contribution in [0.4, 0.5) is 5.69 Å². The van der Waals surface area contributed by atoms with Gasteiger partial charge >= 0.3 is 0 Å². The van der Waals surface area contributed by atoms with Gasteiger partial charge in [-0.2, -0.15) is 0 Å². The fourth-order valence-electron chi connectivity index (χ4n) is 3.15. The first-order chi connectivity index (χ1) is 11.5. The van der Waals surface area contributed by atoms with Gasteiger partial charge in [-0.05, 0) is 49.2 Å². The Morgan fingerprint density at radius 1 is 1.21 bits per heavy atom. The third-order valence-corrected chi connectivity index (χ3v) is 4.74. The lowest BCUT2D eigenvalue weighted by atomic mass is 10.1. The van der Waals surface area contributed by atoms with Crippen LogP contribution in [-0.4, -0.2) is 17.1 Å². The smallest absolute Gasteiger partial charge is 0.272 e. The Kier molecular flexibility index (Phi) is 3.50. The van der Waals surface area contributed by atoms with E-state index >= 15 is 0 Å². The molecule has 3 aromatic rings. The minimum Gasteiger partial charge on any atom is -0.490 e. The van der Waals surface area contributed by atoms with Crippen LogP contribution in [0.1, 0.15) is 21.6 Å². The maximum atomic E-state index is 12.9. The highest BCUT2D eigenvalue weighted by atomic mass is 35.5. The zero-order valence-electron chi connectivity index (χ0n) is 13.5. The summed E-state index contributed by atoms with van der Waals surface area (Å²) in [6.45, 7) is 5.17. The summed E-state index contributed by atoms with van der Waals surface area (Å²) in [5, 5.41) is 4.49. The largest absolute Gasteiger partial charge is 0.490 e. The summed E-state index contributed by atoms with van der Waals surface area (Å²) in [5.41, 5.74) is 4.46. The van der Waals surface area contributed by atoms with Gasteiger partial charge < -0.3 is 14.6 Å². The van der Waals surface area contributed by atoms with Gasteiger partial charge in [0.2, 0.25) is 0 Å². The number of aromatic nitrogens is 1. The summed E-state index contributed by atoms with van der Waals surface area (Å²) >= 11 is 6.31. The van der Waals surface area contributed by atoms with Crippen molar-refractivity contribution in [1.29, 1.82) is 0 Å². The number of hydrogen-bond acceptors (Lipinski definition) is 2. The minimum atomic E-state index is -0.135. The number of ether oxygens (including phenoxy) is 1. The van der Waals surface area contributed by atoms with Gasteiger partial charge in [0.1, 0.15) is 18.1 Å². The minimum absolute atomic E-state index is 0.135. The molecule has 0 saturated carbocycles. The second-order valence-corrected chi connectivity index (χ2v) is 6.52. The van der Waals surface area contributed by atoms with Gasteiger partial charge in [0, 0.05) is 11.1 Å². The monoisotopic (exact) mass is 340 g/mol. The van der Waals surface area contributed by atoms with Crippen molar-refractivity contribution in [3.05, 3.63) is 58.2 Å². The van der Waals surface area contributed by atoms with Crippen molar-refractivity contribution in [2.24, 2.45) is 0 Å². The number of amides is 1. The molecule has 2 heterocycles. The summed E-state index contributed by atoms with van der Waals surface area (Å²) in [5.74, 6) is 0.634. The van der Waals surface area contributed by atoms with Gasteiger partial charge in [0.15, 0.2) is 0 Å². The maximum Gasteiger partial charge on any atom is 0.272 e. The number of carbonyl (C=O) groups excluding carboxylic acids is 1. The van der Waals surface area contributed by atoms with Crippen LogP contribution in [0.2, 0.25) is 5.02 Å². The van der Waals surface area contributed by atoms with E-state index in [0.29, 0.717) is 23.9 Å². The summed E-state index contributed by atoms with van der Waals surface area (Å²) in [7, 11) is 0. The second-order valence-electron chi connectivity index (χ2n) is 6.11. The van der Waals surface area contributed by atoms with E-state index in [0.717, 1.165) is 33.5 Å². The molecule has 0 saturated heterocycles. The summed E-state index contributed by atoms with van der Waals surface area (Å²) in [6, 6.07) is 11.5. The molecule has 4 nitrogen and oxygen atoms in total. The maximum absolute atomic E-state index is 12.9. The molecule has 24 heavy (non-hydrogen) atoms. The Morgan fingerprint density at radius 3 is 2.88 bits per heavy atom. The Bertz CT molecular complexity index is 975. The molecule has 1 aliphatic heterocycles. The van der Waals surface area contributed by atoms with Crippen LogP contribution in [0.3, 0.4) is 0 Å². The predicted molar refractivity (Wildman–Crippen MR) is 96.3 cm³/mol. The number of nitrogens with one attached hydrogen (secondary N) is 1. The predicted octanol–water partition coefficient (Wildman–Crippen LogP) is 4.56. The topological polar surface area (TPSA) is 43.3 Å². The fraction of sp³-hybridized carbons (Fsp3) is 0.211. The molecule has 1 aromatic heterocycles. The van der Waals surface area contributed by atoms with Crippen molar-refractivity contribution in [3.63, 3.8) is 0 Å². The number of rotatable bonds is 2. The second kappa shape index (κ2) is 5.56. The standard InChI is InChI=1S/C19H17ClN2O2/c1-11-3-4-12(2)15(9-11)21-19(23)16-10-13-14(20)5-6-17-18(13)22(16)7-8-24-17/h3-6,9-10H,7-8H2,1-2H3,(H,21,23). The van der Waals surface area contributed by atoms with Gasteiger partial charge in [-0.15, -0.1) is 0 Å². The molecule has 0 bridgehead atoms. The van der Waals surface area contributed by atoms with Crippen molar-refractivity contribution < 1.29 is 9.53 Å². The summed E-state index contributed by atoms with van der Waals surface area (Å²) in [6.07, 6.45) is 0. The van der Waals surface area contributed by atoms with Gasteiger partial charge in [0.05, 0.1) is 17.1 Å². The normalized spacial score (nSPS) is 13.0. The van der Waals surface area contributed by atoms with Crippen molar-refractivity contribution in [2.75, 3.05) is 11.9 Å². The Morgan fingerprint density at radius 2 is 2.04 bits per heavy atom. The Balaban J connectivity index is 1.79. The van der Waals surface area contributed by atoms with E-state index in [-0.39, 0.29) is 5.91 Å². The molecule has 0 aliphatic carbocycles. The lowest BCUT2D eigenvalue weighted by Crippen LogP contribution is -2.21. The van der Waals surface area contributed by atoms with Gasteiger partial charge in [-0.1, -0.05) is 23.7 Å². The number of aryl methyl sites for hydroxylation is 2. The highest BCUT2D eigenvalue weighted by Crippen LogP contribution is 2.36. The van der Waals surface area contributed by atoms with Crippen LogP contribution in [0.5, 0.6) is 5.75 Å². The van der Waals surface area contributed by atoms with Crippen LogP contribution in [0, 0.1) is 13.8 Å². The zero-order valence-corrected chi connectivity index (χ0v) is 14.3. The van der Waals surface area contributed by atoms with Crippen LogP contribution in [-0.2, 0) is 6.54 Å². The lowest BCUT2D eigenvalue weighted by Gasteiger charge is -2.19. The van der Waals surface area contributed by atoms with Gasteiger partial charge in [-0.25, -0.2) is 0 Å². The molecular weight excluding hydrogens is 324 g/mol. The Labute approximate surface area is 145 Å². The molecule has 2 aromatic carbocycles. The van der Waals surface area contributed by atoms with E-state index < -0.39 is 0 Å². The van der Waals surface area contributed by atoms with Crippen molar-refractivity contribution >= 4 is 34.1 Å². The molecule has 4 rings (SSSR count). The zero-order chi connectivity index (χ0) is 16.8. The van der Waals surface area contributed by atoms with Crippen molar-refractivity contribution in [1.82, 2.24) is 4.57 Å². The average Bonchev–Trinajstić information content (AvgIpc) is 2.96. The third kappa shape index (κ3) is 2.34. The molecule has 0 unspecified atom stereocenters. The number of benzene rings is 2. The quantitative estimate of drug-likeness (QED) is 0.743. The lowest BCUT2D eigenvalue weighted by molar-refractivity contribution is 0.101. The molecule has 1 N–H and O–H groups in total. The molecule has 5 heteroatoms. The number of carbonyl (C=O) groups is 1. The highest BCUT2D eigenvalue weighted by Gasteiger charge is 2.23. The molecule has 0 atom stereocenters. The number of anilines is 1. The van der Waals surface area contributed by atoms with E-state index in [2.05, 4.69) is 5.32 Å². The average molecular weight is 341 g/mol. The van der Waals surface area contributed by atoms with E-state index in [1.165, 1.54) is 0 Å². The van der Waals surface area contributed by atoms with Crippen LogP contribution in [0.15, 0.2) is 36.4 Å². The van der Waals surface area contributed by atoms with E-state index in [1.54, 1.807) is 6.07 Å². The third-order valence-electron chi connectivity index (χ3n) is 4.41. The van der Waals surface area contributed by atoms with Crippen LogP contribution >= 0.6 is 11.6 Å². The molecular formula is C19H17ClN2O2. The van der Waals surface area contributed by atoms with Crippen LogP contribution < -0.4 is 10.1 Å². The number of nitrogens with zero attached hydrogens (tertiary/aromatic N) is 1. The van der Waals surface area contributed by atoms with Crippen molar-refractivity contribution in [2.45, 2.75) is 20.4 Å².